The van der Waals surface area contributed by atoms with Gasteiger partial charge in [0, 0.05) is 7.05 Å². The molecule has 0 aromatic carbocycles. The highest BCUT2D eigenvalue weighted by Gasteiger charge is 2.19. The molecular weight excluding hydrogens is 261 g/mol. The fraction of sp³-hybridized carbons (Fsp3) is 1.00. The molecule has 18 heavy (non-hydrogen) atoms. The van der Waals surface area contributed by atoms with E-state index in [1.165, 1.54) is 14.2 Å². The summed E-state index contributed by atoms with van der Waals surface area (Å²) in [5.41, 5.74) is 0. The van der Waals surface area contributed by atoms with Crippen molar-refractivity contribution < 1.29 is 28.6 Å². The summed E-state index contributed by atoms with van der Waals surface area (Å²) in [6.45, 7) is 4.56. The molecule has 0 atom stereocenters. The van der Waals surface area contributed by atoms with Crippen LogP contribution in [0.1, 0.15) is 39.5 Å². The van der Waals surface area contributed by atoms with E-state index >= 15 is 0 Å². The number of hydrogen-bond acceptors (Lipinski definition) is 6. The molecule has 0 spiro atoms. The Morgan fingerprint density at radius 2 is 1.44 bits per heavy atom. The van der Waals surface area contributed by atoms with Gasteiger partial charge in [0.25, 0.3) is 0 Å². The summed E-state index contributed by atoms with van der Waals surface area (Å²) in [6, 6.07) is 0. The lowest BCUT2D eigenvalue weighted by molar-refractivity contribution is -0.307. The highest BCUT2D eigenvalue weighted by Crippen LogP contribution is 2.43. The standard InChI is InChI=1S/C8H19O4P.C2H7NO2/c1-3-5-7-11-13(9,10)12-8-6-4-2;1-3(4)5-2/h3-8H2,1-2H3,(H,9,10);4H,1-2H3. The average molecular weight is 287 g/mol. The van der Waals surface area contributed by atoms with Gasteiger partial charge in [-0.2, -0.15) is 0 Å². The molecule has 0 rings (SSSR count). The van der Waals surface area contributed by atoms with Crippen molar-refractivity contribution in [3.8, 4) is 0 Å². The molecule has 0 saturated heterocycles. The van der Waals surface area contributed by atoms with Crippen molar-refractivity contribution in [2.45, 2.75) is 39.5 Å². The van der Waals surface area contributed by atoms with Crippen LogP contribution >= 0.6 is 7.82 Å². The summed E-state index contributed by atoms with van der Waals surface area (Å²) in [4.78, 5) is 13.2. The van der Waals surface area contributed by atoms with E-state index in [4.69, 9.17) is 19.1 Å². The quantitative estimate of drug-likeness (QED) is 0.383. The van der Waals surface area contributed by atoms with Gasteiger partial charge in [-0.1, -0.05) is 31.9 Å². The van der Waals surface area contributed by atoms with E-state index in [0.717, 1.165) is 25.7 Å². The first-order chi connectivity index (χ1) is 8.39. The third-order valence-electron chi connectivity index (χ3n) is 1.77. The molecule has 0 heterocycles. The first-order valence-corrected chi connectivity index (χ1v) is 7.47. The summed E-state index contributed by atoms with van der Waals surface area (Å²) < 4.78 is 20.5. The van der Waals surface area contributed by atoms with E-state index in [1.807, 2.05) is 13.8 Å². The molecule has 7 nitrogen and oxygen atoms in total. The van der Waals surface area contributed by atoms with Crippen LogP contribution in [0.15, 0.2) is 0 Å². The molecule has 0 aromatic heterocycles. The lowest BCUT2D eigenvalue weighted by atomic mass is 10.4. The van der Waals surface area contributed by atoms with Gasteiger partial charge in [-0.05, 0) is 12.8 Å². The number of nitrogens with zero attached hydrogens (tertiary/aromatic N) is 1. The second-order valence-corrected chi connectivity index (χ2v) is 4.94. The number of unbranched alkanes of at least 4 members (excludes halogenated alkanes) is 2. The highest BCUT2D eigenvalue weighted by atomic mass is 31.2. The van der Waals surface area contributed by atoms with Crippen LogP contribution in [0.4, 0.5) is 0 Å². The van der Waals surface area contributed by atoms with E-state index in [0.29, 0.717) is 5.23 Å². The smallest absolute Gasteiger partial charge is 0.302 e. The van der Waals surface area contributed by atoms with Crippen LogP contribution in [0.5, 0.6) is 0 Å². The molecule has 0 unspecified atom stereocenters. The van der Waals surface area contributed by atoms with Crippen LogP contribution in [0.3, 0.4) is 0 Å². The number of rotatable bonds is 9. The van der Waals surface area contributed by atoms with E-state index in [1.54, 1.807) is 0 Å². The summed E-state index contributed by atoms with van der Waals surface area (Å²) >= 11 is 0. The summed E-state index contributed by atoms with van der Waals surface area (Å²) in [5.74, 6) is 0. The molecule has 8 heteroatoms. The fourth-order valence-corrected chi connectivity index (χ4v) is 1.48. The van der Waals surface area contributed by atoms with Gasteiger partial charge in [-0.15, -0.1) is 0 Å². The van der Waals surface area contributed by atoms with Crippen molar-refractivity contribution in [1.82, 2.24) is 5.23 Å². The number of hydrogen-bond donors (Lipinski definition) is 2. The Morgan fingerprint density at radius 1 is 1.11 bits per heavy atom. The summed E-state index contributed by atoms with van der Waals surface area (Å²) in [7, 11) is -0.988. The molecule has 0 aliphatic heterocycles. The third kappa shape index (κ3) is 18.4. The van der Waals surface area contributed by atoms with Gasteiger partial charge in [0.15, 0.2) is 0 Å². The monoisotopic (exact) mass is 287 g/mol. The Morgan fingerprint density at radius 3 is 1.67 bits per heavy atom. The third-order valence-corrected chi connectivity index (χ3v) is 2.79. The van der Waals surface area contributed by atoms with E-state index < -0.39 is 7.82 Å². The van der Waals surface area contributed by atoms with Crippen molar-refractivity contribution >= 4 is 7.82 Å². The minimum Gasteiger partial charge on any atom is -0.302 e. The zero-order valence-corrected chi connectivity index (χ0v) is 12.6. The lowest BCUT2D eigenvalue weighted by Gasteiger charge is -2.10. The number of phosphoric ester groups is 1. The topological polar surface area (TPSA) is 88.5 Å². The fourth-order valence-electron chi connectivity index (χ4n) is 0.686. The predicted octanol–water partition coefficient (Wildman–Crippen LogP) is 2.59. The minimum atomic E-state index is -3.75. The summed E-state index contributed by atoms with van der Waals surface area (Å²) in [5, 5.41) is 8.60. The number of hydroxylamine groups is 2. The van der Waals surface area contributed by atoms with Gasteiger partial charge < -0.3 is 4.89 Å². The minimum absolute atomic E-state index is 0.288. The highest BCUT2D eigenvalue weighted by molar-refractivity contribution is 7.47. The van der Waals surface area contributed by atoms with Gasteiger partial charge in [-0.3, -0.25) is 19.1 Å². The van der Waals surface area contributed by atoms with Gasteiger partial charge in [0.1, 0.15) is 0 Å². The molecule has 0 aliphatic carbocycles. The van der Waals surface area contributed by atoms with Crippen LogP contribution in [0, 0.1) is 0 Å². The van der Waals surface area contributed by atoms with Crippen LogP contribution in [-0.2, 0) is 18.5 Å². The van der Waals surface area contributed by atoms with E-state index in [-0.39, 0.29) is 13.2 Å². The molecule has 0 radical (unpaired) electrons. The Kier molecular flexibility index (Phi) is 15.1. The Hall–Kier alpha value is -0.0100. The molecule has 112 valence electrons. The second-order valence-electron chi connectivity index (χ2n) is 3.49. The van der Waals surface area contributed by atoms with E-state index in [9.17, 15) is 4.57 Å². The number of phosphoric acid groups is 1. The molecule has 0 aromatic rings. The maximum atomic E-state index is 11.1. The van der Waals surface area contributed by atoms with Crippen molar-refractivity contribution in [1.29, 1.82) is 0 Å². The van der Waals surface area contributed by atoms with E-state index in [2.05, 4.69) is 4.84 Å². The molecule has 0 fully saturated rings. The van der Waals surface area contributed by atoms with Crippen molar-refractivity contribution in [2.24, 2.45) is 0 Å². The molecular formula is C10H26NO6P. The Labute approximate surface area is 109 Å². The van der Waals surface area contributed by atoms with Crippen molar-refractivity contribution in [3.63, 3.8) is 0 Å². The Bertz CT molecular complexity index is 201. The SMILES string of the molecule is CCCCOP(=O)(O)OCCCC.CON(C)O. The molecule has 0 aliphatic rings. The zero-order valence-electron chi connectivity index (χ0n) is 11.7. The molecule has 0 saturated carbocycles. The maximum Gasteiger partial charge on any atom is 0.472 e. The largest absolute Gasteiger partial charge is 0.472 e. The maximum absolute atomic E-state index is 11.1. The Balaban J connectivity index is 0. The van der Waals surface area contributed by atoms with Gasteiger partial charge >= 0.3 is 7.82 Å². The van der Waals surface area contributed by atoms with Crippen molar-refractivity contribution in [2.75, 3.05) is 27.4 Å². The van der Waals surface area contributed by atoms with Crippen LogP contribution in [0.2, 0.25) is 0 Å². The van der Waals surface area contributed by atoms with Crippen LogP contribution in [0.25, 0.3) is 0 Å². The molecule has 2 N–H and O–H groups in total. The lowest BCUT2D eigenvalue weighted by Crippen LogP contribution is -2.08. The van der Waals surface area contributed by atoms with Gasteiger partial charge in [0.2, 0.25) is 0 Å². The van der Waals surface area contributed by atoms with Crippen LogP contribution < -0.4 is 0 Å². The van der Waals surface area contributed by atoms with Gasteiger partial charge in [0.05, 0.1) is 20.3 Å². The molecule has 0 amide bonds. The average Bonchev–Trinajstić information content (AvgIpc) is 2.30. The van der Waals surface area contributed by atoms with Gasteiger partial charge in [-0.25, -0.2) is 4.57 Å². The first kappa shape index (κ1) is 20.3. The van der Waals surface area contributed by atoms with Crippen LogP contribution in [-0.4, -0.2) is 42.7 Å². The zero-order chi connectivity index (χ0) is 14.4. The first-order valence-electron chi connectivity index (χ1n) is 5.98. The molecule has 0 bridgehead atoms. The second kappa shape index (κ2) is 13.4. The predicted molar refractivity (Wildman–Crippen MR) is 68.1 cm³/mol. The van der Waals surface area contributed by atoms with Crippen molar-refractivity contribution in [3.05, 3.63) is 0 Å². The summed E-state index contributed by atoms with van der Waals surface area (Å²) in [6.07, 6.45) is 3.44. The normalized spacial score (nSPS) is 11.3.